The van der Waals surface area contributed by atoms with Crippen LogP contribution >= 0.6 is 0 Å². The van der Waals surface area contributed by atoms with Gasteiger partial charge in [0.2, 0.25) is 11.6 Å². The first kappa shape index (κ1) is 16.1. The summed E-state index contributed by atoms with van der Waals surface area (Å²) in [5.74, 6) is -0.752. The highest BCUT2D eigenvalue weighted by molar-refractivity contribution is 6.09. The summed E-state index contributed by atoms with van der Waals surface area (Å²) in [7, 11) is 0. The number of nitrogens with one attached hydrogen (secondary N) is 1. The van der Waals surface area contributed by atoms with E-state index in [1.807, 2.05) is 13.0 Å². The fraction of sp³-hybridized carbons (Fsp3) is 0.111. The monoisotopic (exact) mass is 353 g/mol. The van der Waals surface area contributed by atoms with Crippen molar-refractivity contribution in [3.8, 4) is 0 Å². The summed E-state index contributed by atoms with van der Waals surface area (Å²) < 4.78 is 28.0. The number of fused-ring (bicyclic) bond motifs is 1. The Labute approximate surface area is 146 Å². The van der Waals surface area contributed by atoms with Crippen molar-refractivity contribution < 1.29 is 13.6 Å². The van der Waals surface area contributed by atoms with Crippen LogP contribution in [0.25, 0.3) is 5.52 Å². The molecule has 1 N–H and O–H groups in total. The summed E-state index contributed by atoms with van der Waals surface area (Å²) in [5.41, 5.74) is 1.68. The van der Waals surface area contributed by atoms with E-state index in [9.17, 15) is 13.6 Å². The highest BCUT2D eigenvalue weighted by Crippen LogP contribution is 2.19. The second kappa shape index (κ2) is 6.14. The minimum atomic E-state index is -0.506. The van der Waals surface area contributed by atoms with Gasteiger partial charge >= 0.3 is 0 Å². The van der Waals surface area contributed by atoms with E-state index < -0.39 is 17.4 Å². The van der Waals surface area contributed by atoms with Gasteiger partial charge in [-0.15, -0.1) is 5.10 Å². The molecule has 1 aromatic carbocycles. The number of carbonyl (C=O) groups is 1. The zero-order chi connectivity index (χ0) is 18.3. The molecule has 0 amide bonds. The SMILES string of the molecule is CC1=CC(Nc2nc(C(=O)c3ccc(F)cc3)nn3cc(F)cc23)=NC1. The van der Waals surface area contributed by atoms with Gasteiger partial charge in [-0.2, -0.15) is 0 Å². The summed E-state index contributed by atoms with van der Waals surface area (Å²) in [4.78, 5) is 21.2. The molecule has 0 saturated carbocycles. The molecule has 0 bridgehead atoms. The van der Waals surface area contributed by atoms with Gasteiger partial charge in [-0.25, -0.2) is 18.3 Å². The average Bonchev–Trinajstić information content (AvgIpc) is 3.19. The molecule has 0 saturated heterocycles. The van der Waals surface area contributed by atoms with Gasteiger partial charge in [-0.1, -0.05) is 0 Å². The van der Waals surface area contributed by atoms with Gasteiger partial charge in [0.25, 0.3) is 0 Å². The van der Waals surface area contributed by atoms with Crippen molar-refractivity contribution >= 4 is 23.0 Å². The van der Waals surface area contributed by atoms with Crippen LogP contribution < -0.4 is 5.32 Å². The lowest BCUT2D eigenvalue weighted by Crippen LogP contribution is -2.16. The summed E-state index contributed by atoms with van der Waals surface area (Å²) in [6.07, 6.45) is 3.00. The third-order valence-electron chi connectivity index (χ3n) is 3.87. The van der Waals surface area contributed by atoms with Gasteiger partial charge in [0.15, 0.2) is 5.82 Å². The number of aliphatic imine (C=N–C) groups is 1. The first-order valence-electron chi connectivity index (χ1n) is 7.84. The van der Waals surface area contributed by atoms with Crippen molar-refractivity contribution in [2.45, 2.75) is 6.92 Å². The van der Waals surface area contributed by atoms with E-state index in [0.29, 0.717) is 17.9 Å². The standard InChI is InChI=1S/C18H13F2N5O/c1-10-6-15(21-8-10)22-17-14-7-13(20)9-25(14)24-18(23-17)16(26)11-2-4-12(19)5-3-11/h2-7,9H,8H2,1H3,(H,21,22,23,24). The number of rotatable bonds is 3. The third kappa shape index (κ3) is 2.97. The van der Waals surface area contributed by atoms with Crippen LogP contribution in [-0.4, -0.2) is 32.8 Å². The Morgan fingerprint density at radius 1 is 1.19 bits per heavy atom. The summed E-state index contributed by atoms with van der Waals surface area (Å²) in [6.45, 7) is 2.51. The predicted octanol–water partition coefficient (Wildman–Crippen LogP) is 3.01. The highest BCUT2D eigenvalue weighted by atomic mass is 19.1. The number of carbonyl (C=O) groups excluding carboxylic acids is 1. The Hall–Kier alpha value is -3.42. The molecule has 4 rings (SSSR count). The summed E-state index contributed by atoms with van der Waals surface area (Å²) >= 11 is 0. The van der Waals surface area contributed by atoms with Gasteiger partial charge in [-0.3, -0.25) is 9.79 Å². The van der Waals surface area contributed by atoms with Gasteiger partial charge < -0.3 is 5.32 Å². The Kier molecular flexibility index (Phi) is 3.80. The number of benzene rings is 1. The van der Waals surface area contributed by atoms with Crippen molar-refractivity contribution in [3.05, 3.63) is 71.2 Å². The quantitative estimate of drug-likeness (QED) is 0.735. The third-order valence-corrected chi connectivity index (χ3v) is 3.87. The van der Waals surface area contributed by atoms with E-state index in [1.165, 1.54) is 34.8 Å². The number of hydrogen-bond acceptors (Lipinski definition) is 5. The van der Waals surface area contributed by atoms with Gasteiger partial charge in [-0.05, 0) is 42.8 Å². The maximum atomic E-state index is 13.7. The molecule has 3 aromatic rings. The van der Waals surface area contributed by atoms with Crippen LogP contribution in [-0.2, 0) is 0 Å². The molecule has 1 aliphatic rings. The van der Waals surface area contributed by atoms with Crippen molar-refractivity contribution in [1.29, 1.82) is 0 Å². The lowest BCUT2D eigenvalue weighted by atomic mass is 10.1. The van der Waals surface area contributed by atoms with E-state index in [2.05, 4.69) is 20.4 Å². The average molecular weight is 353 g/mol. The zero-order valence-corrected chi connectivity index (χ0v) is 13.7. The molecule has 0 fully saturated rings. The largest absolute Gasteiger partial charge is 0.323 e. The lowest BCUT2D eigenvalue weighted by Gasteiger charge is -2.08. The van der Waals surface area contributed by atoms with E-state index in [0.717, 1.165) is 11.8 Å². The fourth-order valence-electron chi connectivity index (χ4n) is 2.62. The molecule has 2 aromatic heterocycles. The van der Waals surface area contributed by atoms with E-state index in [1.54, 1.807) is 0 Å². The molecule has 26 heavy (non-hydrogen) atoms. The minimum absolute atomic E-state index is 0.137. The number of hydrogen-bond donors (Lipinski definition) is 1. The van der Waals surface area contributed by atoms with Crippen LogP contribution in [0.1, 0.15) is 23.1 Å². The van der Waals surface area contributed by atoms with Crippen LogP contribution in [0.15, 0.2) is 53.2 Å². The molecular weight excluding hydrogens is 340 g/mol. The maximum Gasteiger partial charge on any atom is 0.232 e. The topological polar surface area (TPSA) is 71.7 Å². The summed E-state index contributed by atoms with van der Waals surface area (Å²) in [5, 5.41) is 7.08. The molecule has 0 radical (unpaired) electrons. The second-order valence-corrected chi connectivity index (χ2v) is 5.93. The second-order valence-electron chi connectivity index (χ2n) is 5.93. The fourth-order valence-corrected chi connectivity index (χ4v) is 2.62. The van der Waals surface area contributed by atoms with Crippen molar-refractivity contribution in [3.63, 3.8) is 0 Å². The van der Waals surface area contributed by atoms with Crippen LogP contribution in [0, 0.1) is 11.6 Å². The van der Waals surface area contributed by atoms with Crippen LogP contribution in [0.5, 0.6) is 0 Å². The molecule has 8 heteroatoms. The lowest BCUT2D eigenvalue weighted by molar-refractivity contribution is 0.102. The Morgan fingerprint density at radius 3 is 2.65 bits per heavy atom. The highest BCUT2D eigenvalue weighted by Gasteiger charge is 2.18. The molecule has 0 spiro atoms. The first-order valence-corrected chi connectivity index (χ1v) is 7.84. The molecule has 3 heterocycles. The predicted molar refractivity (Wildman–Crippen MR) is 92.5 cm³/mol. The summed E-state index contributed by atoms with van der Waals surface area (Å²) in [6, 6.07) is 6.33. The number of amidine groups is 1. The van der Waals surface area contributed by atoms with Crippen LogP contribution in [0.4, 0.5) is 14.6 Å². The van der Waals surface area contributed by atoms with E-state index in [4.69, 9.17) is 0 Å². The Bertz CT molecular complexity index is 1080. The van der Waals surface area contributed by atoms with E-state index >= 15 is 0 Å². The van der Waals surface area contributed by atoms with Crippen molar-refractivity contribution in [1.82, 2.24) is 14.6 Å². The number of ketones is 1. The molecule has 1 aliphatic heterocycles. The molecular formula is C18H13F2N5O. The van der Waals surface area contributed by atoms with Gasteiger partial charge in [0, 0.05) is 11.6 Å². The zero-order valence-electron chi connectivity index (χ0n) is 13.7. The first-order chi connectivity index (χ1) is 12.5. The normalized spacial score (nSPS) is 13.7. The molecule has 0 atom stereocenters. The van der Waals surface area contributed by atoms with Gasteiger partial charge in [0.1, 0.15) is 23.0 Å². The van der Waals surface area contributed by atoms with Crippen LogP contribution in [0.3, 0.4) is 0 Å². The minimum Gasteiger partial charge on any atom is -0.323 e. The number of anilines is 1. The Balaban J connectivity index is 1.78. The number of nitrogens with zero attached hydrogens (tertiary/aromatic N) is 4. The van der Waals surface area contributed by atoms with Crippen LogP contribution in [0.2, 0.25) is 0 Å². The smallest absolute Gasteiger partial charge is 0.232 e. The number of halogens is 2. The van der Waals surface area contributed by atoms with Crippen molar-refractivity contribution in [2.75, 3.05) is 11.9 Å². The van der Waals surface area contributed by atoms with Crippen molar-refractivity contribution in [2.24, 2.45) is 4.99 Å². The molecule has 6 nitrogen and oxygen atoms in total. The Morgan fingerprint density at radius 2 is 1.96 bits per heavy atom. The van der Waals surface area contributed by atoms with E-state index in [-0.39, 0.29) is 17.2 Å². The molecule has 0 aliphatic carbocycles. The van der Waals surface area contributed by atoms with Gasteiger partial charge in [0.05, 0.1) is 12.7 Å². The number of aromatic nitrogens is 3. The molecule has 130 valence electrons. The molecule has 0 unspecified atom stereocenters. The maximum absolute atomic E-state index is 13.7.